The molecule has 0 radical (unpaired) electrons. The number of thioether (sulfide) groups is 1. The van der Waals surface area contributed by atoms with E-state index in [1.807, 2.05) is 11.8 Å². The van der Waals surface area contributed by atoms with Crippen molar-refractivity contribution in [3.05, 3.63) is 0 Å². The largest absolute Gasteiger partial charge is 0.305 e. The lowest BCUT2D eigenvalue weighted by atomic mass is 9.89. The van der Waals surface area contributed by atoms with Gasteiger partial charge in [-0.1, -0.05) is 19.3 Å². The van der Waals surface area contributed by atoms with Gasteiger partial charge in [0.05, 0.1) is 0 Å². The predicted molar refractivity (Wildman–Crippen MR) is 62.5 cm³/mol. The molecule has 13 heavy (non-hydrogen) atoms. The molecular formula is C11H23NS. The minimum atomic E-state index is 1.00. The van der Waals surface area contributed by atoms with Crippen LogP contribution in [0.15, 0.2) is 0 Å². The van der Waals surface area contributed by atoms with E-state index in [2.05, 4.69) is 18.2 Å². The molecule has 0 spiro atoms. The van der Waals surface area contributed by atoms with Crippen LogP contribution in [0, 0.1) is 5.92 Å². The average Bonchev–Trinajstić information content (AvgIpc) is 2.16. The minimum absolute atomic E-state index is 1.00. The third-order valence-corrected chi connectivity index (χ3v) is 3.56. The third-order valence-electron chi connectivity index (χ3n) is 2.97. The predicted octanol–water partition coefficient (Wildman–Crippen LogP) is 2.86. The zero-order valence-corrected chi connectivity index (χ0v) is 9.91. The highest BCUT2D eigenvalue weighted by Gasteiger charge is 2.14. The fourth-order valence-corrected chi connectivity index (χ4v) is 2.64. The zero-order valence-electron chi connectivity index (χ0n) is 9.09. The van der Waals surface area contributed by atoms with Gasteiger partial charge < -0.3 is 4.90 Å². The van der Waals surface area contributed by atoms with Crippen molar-refractivity contribution >= 4 is 11.8 Å². The molecule has 0 heterocycles. The summed E-state index contributed by atoms with van der Waals surface area (Å²) >= 11 is 1.95. The number of nitrogens with zero attached hydrogens (tertiary/aromatic N) is 1. The molecule has 0 atom stereocenters. The van der Waals surface area contributed by atoms with Crippen LogP contribution in [0.5, 0.6) is 0 Å². The molecule has 0 aromatic carbocycles. The normalized spacial score (nSPS) is 19.6. The summed E-state index contributed by atoms with van der Waals surface area (Å²) in [6.07, 6.45) is 9.56. The van der Waals surface area contributed by atoms with E-state index >= 15 is 0 Å². The van der Waals surface area contributed by atoms with E-state index in [4.69, 9.17) is 0 Å². The Hall–Kier alpha value is 0.310. The zero-order chi connectivity index (χ0) is 9.52. The van der Waals surface area contributed by atoms with Gasteiger partial charge >= 0.3 is 0 Å². The first-order valence-corrected chi connectivity index (χ1v) is 6.90. The van der Waals surface area contributed by atoms with Gasteiger partial charge in [0.2, 0.25) is 0 Å². The molecule has 0 saturated heterocycles. The topological polar surface area (TPSA) is 3.24 Å². The molecule has 0 aliphatic heterocycles. The Morgan fingerprint density at radius 1 is 1.23 bits per heavy atom. The van der Waals surface area contributed by atoms with E-state index < -0.39 is 0 Å². The van der Waals surface area contributed by atoms with E-state index in [-0.39, 0.29) is 0 Å². The Kier molecular flexibility index (Phi) is 5.88. The summed E-state index contributed by atoms with van der Waals surface area (Å²) in [6.45, 7) is 2.60. The summed E-state index contributed by atoms with van der Waals surface area (Å²) in [5, 5.41) is 0. The Morgan fingerprint density at radius 3 is 2.54 bits per heavy atom. The summed E-state index contributed by atoms with van der Waals surface area (Å²) in [4.78, 5) is 2.51. The first kappa shape index (κ1) is 11.4. The summed E-state index contributed by atoms with van der Waals surface area (Å²) in [6, 6.07) is 0. The van der Waals surface area contributed by atoms with Crippen molar-refractivity contribution in [3.8, 4) is 0 Å². The fraction of sp³-hybridized carbons (Fsp3) is 1.00. The number of rotatable bonds is 5. The van der Waals surface area contributed by atoms with Gasteiger partial charge in [-0.3, -0.25) is 0 Å². The first-order valence-electron chi connectivity index (χ1n) is 5.50. The molecule has 1 saturated carbocycles. The van der Waals surface area contributed by atoms with Crippen molar-refractivity contribution in [3.63, 3.8) is 0 Å². The van der Waals surface area contributed by atoms with Crippen molar-refractivity contribution < 1.29 is 0 Å². The Bertz CT molecular complexity index is 121. The van der Waals surface area contributed by atoms with Crippen LogP contribution in [0.1, 0.15) is 32.1 Å². The SMILES string of the molecule is CSCCN(C)CC1CCCCC1. The molecule has 2 heteroatoms. The molecule has 1 aliphatic carbocycles. The summed E-state index contributed by atoms with van der Waals surface area (Å²) in [7, 11) is 2.27. The molecule has 1 rings (SSSR count). The standard InChI is InChI=1S/C11H23NS/c1-12(8-9-13-2)10-11-6-4-3-5-7-11/h11H,3-10H2,1-2H3. The van der Waals surface area contributed by atoms with E-state index in [1.54, 1.807) is 0 Å². The van der Waals surface area contributed by atoms with Gasteiger partial charge in [0.25, 0.3) is 0 Å². The van der Waals surface area contributed by atoms with Crippen LogP contribution in [0.2, 0.25) is 0 Å². The van der Waals surface area contributed by atoms with Crippen LogP contribution in [0.4, 0.5) is 0 Å². The molecular weight excluding hydrogens is 178 g/mol. The van der Waals surface area contributed by atoms with Crippen LogP contribution in [0.25, 0.3) is 0 Å². The molecule has 1 aliphatic rings. The molecule has 1 nitrogen and oxygen atoms in total. The van der Waals surface area contributed by atoms with E-state index in [0.29, 0.717) is 0 Å². The second-order valence-electron chi connectivity index (χ2n) is 4.26. The van der Waals surface area contributed by atoms with Gasteiger partial charge in [-0.25, -0.2) is 0 Å². The Morgan fingerprint density at radius 2 is 1.92 bits per heavy atom. The van der Waals surface area contributed by atoms with Gasteiger partial charge in [-0.2, -0.15) is 11.8 Å². The van der Waals surface area contributed by atoms with Gasteiger partial charge in [0.15, 0.2) is 0 Å². The maximum atomic E-state index is 2.51. The highest BCUT2D eigenvalue weighted by Crippen LogP contribution is 2.23. The van der Waals surface area contributed by atoms with Crippen molar-refractivity contribution in [2.24, 2.45) is 5.92 Å². The van der Waals surface area contributed by atoms with Gasteiger partial charge in [0.1, 0.15) is 0 Å². The number of hydrogen-bond acceptors (Lipinski definition) is 2. The lowest BCUT2D eigenvalue weighted by Crippen LogP contribution is -2.28. The van der Waals surface area contributed by atoms with E-state index in [1.165, 1.54) is 50.9 Å². The molecule has 1 fully saturated rings. The van der Waals surface area contributed by atoms with Crippen LogP contribution in [0.3, 0.4) is 0 Å². The Balaban J connectivity index is 2.07. The molecule has 0 aromatic rings. The van der Waals surface area contributed by atoms with Crippen molar-refractivity contribution in [2.45, 2.75) is 32.1 Å². The quantitative estimate of drug-likeness (QED) is 0.673. The first-order chi connectivity index (χ1) is 6.33. The van der Waals surface area contributed by atoms with Gasteiger partial charge in [0, 0.05) is 18.8 Å². The van der Waals surface area contributed by atoms with Crippen molar-refractivity contribution in [1.29, 1.82) is 0 Å². The highest BCUT2D eigenvalue weighted by atomic mass is 32.2. The second-order valence-corrected chi connectivity index (χ2v) is 5.24. The molecule has 0 amide bonds. The van der Waals surface area contributed by atoms with Crippen molar-refractivity contribution in [2.75, 3.05) is 32.1 Å². The molecule has 0 unspecified atom stereocenters. The lowest BCUT2D eigenvalue weighted by molar-refractivity contribution is 0.242. The average molecular weight is 201 g/mol. The second kappa shape index (κ2) is 6.72. The minimum Gasteiger partial charge on any atom is -0.305 e. The molecule has 78 valence electrons. The van der Waals surface area contributed by atoms with Gasteiger partial charge in [-0.15, -0.1) is 0 Å². The fourth-order valence-electron chi connectivity index (χ4n) is 2.15. The smallest absolute Gasteiger partial charge is 0.00693 e. The summed E-state index contributed by atoms with van der Waals surface area (Å²) in [5.74, 6) is 2.28. The van der Waals surface area contributed by atoms with Gasteiger partial charge in [-0.05, 0) is 32.1 Å². The third kappa shape index (κ3) is 4.92. The Labute approximate surface area is 87.3 Å². The summed E-state index contributed by atoms with van der Waals surface area (Å²) < 4.78 is 0. The van der Waals surface area contributed by atoms with Crippen LogP contribution >= 0.6 is 11.8 Å². The van der Waals surface area contributed by atoms with Crippen molar-refractivity contribution in [1.82, 2.24) is 4.90 Å². The number of hydrogen-bond donors (Lipinski definition) is 0. The van der Waals surface area contributed by atoms with E-state index in [0.717, 1.165) is 5.92 Å². The molecule has 0 aromatic heterocycles. The lowest BCUT2D eigenvalue weighted by Gasteiger charge is -2.26. The maximum absolute atomic E-state index is 2.51. The monoisotopic (exact) mass is 201 g/mol. The van der Waals surface area contributed by atoms with Crippen LogP contribution in [-0.2, 0) is 0 Å². The molecule has 0 N–H and O–H groups in total. The summed E-state index contributed by atoms with van der Waals surface area (Å²) in [5.41, 5.74) is 0. The molecule has 0 bridgehead atoms. The highest BCUT2D eigenvalue weighted by molar-refractivity contribution is 7.98. The maximum Gasteiger partial charge on any atom is 0.00693 e. The van der Waals surface area contributed by atoms with Crippen LogP contribution in [-0.4, -0.2) is 37.0 Å². The van der Waals surface area contributed by atoms with E-state index in [9.17, 15) is 0 Å². The van der Waals surface area contributed by atoms with Crippen LogP contribution < -0.4 is 0 Å².